The second-order valence-electron chi connectivity index (χ2n) is 5.88. The quantitative estimate of drug-likeness (QED) is 0.395. The third-order valence-electron chi connectivity index (χ3n) is 3.71. The number of hydrogen-bond acceptors (Lipinski definition) is 3. The highest BCUT2D eigenvalue weighted by atomic mass is 32.1. The maximum absolute atomic E-state index is 13.4. The molecule has 3 N–H and O–H groups in total. The number of allylic oxidation sites excluding steroid dienone is 5. The maximum atomic E-state index is 13.4. The zero-order valence-electron chi connectivity index (χ0n) is 14.0. The van der Waals surface area contributed by atoms with Gasteiger partial charge < -0.3 is 5.32 Å². The summed E-state index contributed by atoms with van der Waals surface area (Å²) in [7, 11) is 0. The van der Waals surface area contributed by atoms with Crippen molar-refractivity contribution in [1.82, 2.24) is 16.2 Å². The highest BCUT2D eigenvalue weighted by Gasteiger charge is 2.48. The van der Waals surface area contributed by atoms with Gasteiger partial charge in [-0.15, -0.1) is 0 Å². The molecule has 0 aromatic carbocycles. The van der Waals surface area contributed by atoms with Crippen LogP contribution in [0.5, 0.6) is 0 Å². The molecule has 1 amide bonds. The average molecular weight is 372 g/mol. The van der Waals surface area contributed by atoms with E-state index in [0.717, 1.165) is 24.6 Å². The number of nitriles is 1. The molecule has 1 aliphatic rings. The predicted octanol–water partition coefficient (Wildman–Crippen LogP) is 3.00. The average Bonchev–Trinajstić information content (AvgIpc) is 2.48. The second kappa shape index (κ2) is 8.16. The standard InChI is InChI=1S/C16H19F3N4OS/c1-10-4-6-15(3,16(17,18)19)9-12(8-11(10)2)21-14(25)23-22-13(24)5-7-20/h4,6,8-10H,5H2,1-3H3,(H,22,24)(H2,21,23,25)/b6-4-,11-8-,12-9+. The number of thiocarbonyl (C=S) groups is 1. The SMILES string of the molecule is C/C1=C/C(NC(=S)NNC(=O)CC#N)=C\C(C)(C(F)(F)F)/C=C\C1C. The van der Waals surface area contributed by atoms with Crippen LogP contribution in [0.2, 0.25) is 0 Å². The molecule has 136 valence electrons. The van der Waals surface area contributed by atoms with Gasteiger partial charge >= 0.3 is 6.18 Å². The van der Waals surface area contributed by atoms with Gasteiger partial charge in [-0.1, -0.05) is 24.6 Å². The van der Waals surface area contributed by atoms with Gasteiger partial charge in [-0.2, -0.15) is 18.4 Å². The molecule has 9 heteroatoms. The van der Waals surface area contributed by atoms with Crippen LogP contribution in [0, 0.1) is 22.7 Å². The lowest BCUT2D eigenvalue weighted by molar-refractivity contribution is -0.183. The van der Waals surface area contributed by atoms with Crippen molar-refractivity contribution in [3.05, 3.63) is 35.6 Å². The highest BCUT2D eigenvalue weighted by Crippen LogP contribution is 2.42. The van der Waals surface area contributed by atoms with Crippen molar-refractivity contribution < 1.29 is 18.0 Å². The smallest absolute Gasteiger partial charge is 0.332 e. The van der Waals surface area contributed by atoms with Crippen molar-refractivity contribution in [3.63, 3.8) is 0 Å². The van der Waals surface area contributed by atoms with E-state index in [-0.39, 0.29) is 23.1 Å². The maximum Gasteiger partial charge on any atom is 0.401 e. The number of carbonyl (C=O) groups is 1. The molecule has 0 saturated carbocycles. The molecule has 5 nitrogen and oxygen atoms in total. The molecule has 0 heterocycles. The van der Waals surface area contributed by atoms with Crippen LogP contribution >= 0.6 is 12.2 Å². The third kappa shape index (κ3) is 5.90. The summed E-state index contributed by atoms with van der Waals surface area (Å²) in [6.45, 7) is 4.66. The molecule has 0 spiro atoms. The van der Waals surface area contributed by atoms with E-state index in [0.29, 0.717) is 0 Å². The monoisotopic (exact) mass is 372 g/mol. The van der Waals surface area contributed by atoms with Crippen LogP contribution in [0.1, 0.15) is 27.2 Å². The molecular weight excluding hydrogens is 353 g/mol. The second-order valence-corrected chi connectivity index (χ2v) is 6.29. The minimum absolute atomic E-state index is 0.0941. The Morgan fingerprint density at radius 2 is 2.08 bits per heavy atom. The van der Waals surface area contributed by atoms with Gasteiger partial charge in [0.15, 0.2) is 5.11 Å². The molecule has 0 fully saturated rings. The highest BCUT2D eigenvalue weighted by molar-refractivity contribution is 7.80. The van der Waals surface area contributed by atoms with Gasteiger partial charge in [0.05, 0.1) is 6.07 Å². The summed E-state index contributed by atoms with van der Waals surface area (Å²) in [6, 6.07) is 1.66. The molecule has 1 rings (SSSR count). The van der Waals surface area contributed by atoms with E-state index >= 15 is 0 Å². The molecule has 2 atom stereocenters. The number of nitrogens with one attached hydrogen (secondary N) is 3. The van der Waals surface area contributed by atoms with E-state index in [9.17, 15) is 18.0 Å². The van der Waals surface area contributed by atoms with Gasteiger partial charge in [0.1, 0.15) is 11.8 Å². The zero-order chi connectivity index (χ0) is 19.3. The van der Waals surface area contributed by atoms with Crippen molar-refractivity contribution >= 4 is 23.2 Å². The van der Waals surface area contributed by atoms with Crippen LogP contribution in [0.15, 0.2) is 35.6 Å². The summed E-state index contributed by atoms with van der Waals surface area (Å²) < 4.78 is 40.3. The van der Waals surface area contributed by atoms with Crippen LogP contribution < -0.4 is 16.2 Å². The van der Waals surface area contributed by atoms with E-state index in [1.54, 1.807) is 26.0 Å². The molecular formula is C16H19F3N4OS. The minimum atomic E-state index is -4.48. The molecule has 1 aliphatic carbocycles. The number of amides is 1. The molecule has 0 aromatic heterocycles. The Hall–Kier alpha value is -2.34. The number of carbonyl (C=O) groups excluding carboxylic acids is 1. The van der Waals surface area contributed by atoms with Gasteiger partial charge in [0.2, 0.25) is 0 Å². The Bertz CT molecular complexity index is 676. The van der Waals surface area contributed by atoms with Crippen LogP contribution in [-0.2, 0) is 4.79 Å². The molecule has 0 saturated heterocycles. The number of alkyl halides is 3. The fraction of sp³-hybridized carbons (Fsp3) is 0.438. The number of hydrazine groups is 1. The molecule has 25 heavy (non-hydrogen) atoms. The summed E-state index contributed by atoms with van der Waals surface area (Å²) in [5.41, 5.74) is 3.35. The Morgan fingerprint density at radius 3 is 2.64 bits per heavy atom. The molecule has 0 bridgehead atoms. The summed E-state index contributed by atoms with van der Waals surface area (Å²) in [5.74, 6) is -0.786. The summed E-state index contributed by atoms with van der Waals surface area (Å²) in [5, 5.41) is 10.9. The van der Waals surface area contributed by atoms with E-state index in [2.05, 4.69) is 16.2 Å². The van der Waals surface area contributed by atoms with E-state index in [4.69, 9.17) is 17.5 Å². The first-order valence-corrected chi connectivity index (χ1v) is 7.79. The summed E-state index contributed by atoms with van der Waals surface area (Å²) in [6.07, 6.45) is 0.399. The van der Waals surface area contributed by atoms with Gasteiger partial charge in [-0.05, 0) is 44.1 Å². The van der Waals surface area contributed by atoms with Crippen LogP contribution in [0.3, 0.4) is 0 Å². The zero-order valence-corrected chi connectivity index (χ0v) is 14.8. The van der Waals surface area contributed by atoms with Crippen molar-refractivity contribution in [2.45, 2.75) is 33.4 Å². The van der Waals surface area contributed by atoms with Crippen LogP contribution in [-0.4, -0.2) is 17.2 Å². The largest absolute Gasteiger partial charge is 0.401 e. The van der Waals surface area contributed by atoms with Gasteiger partial charge in [-0.3, -0.25) is 15.6 Å². The molecule has 0 radical (unpaired) electrons. The number of nitrogens with zero attached hydrogens (tertiary/aromatic N) is 1. The third-order valence-corrected chi connectivity index (χ3v) is 3.92. The van der Waals surface area contributed by atoms with Crippen molar-refractivity contribution in [1.29, 1.82) is 5.26 Å². The lowest BCUT2D eigenvalue weighted by atomic mass is 9.84. The van der Waals surface area contributed by atoms with Crippen molar-refractivity contribution in [2.75, 3.05) is 0 Å². The lowest BCUT2D eigenvalue weighted by Crippen LogP contribution is -2.46. The Balaban J connectivity index is 3.02. The van der Waals surface area contributed by atoms with Crippen LogP contribution in [0.25, 0.3) is 0 Å². The normalized spacial score (nSPS) is 28.8. The van der Waals surface area contributed by atoms with Gasteiger partial charge in [0.25, 0.3) is 5.91 Å². The van der Waals surface area contributed by atoms with Crippen LogP contribution in [0.4, 0.5) is 13.2 Å². The van der Waals surface area contributed by atoms with Crippen molar-refractivity contribution in [2.24, 2.45) is 11.3 Å². The first-order chi connectivity index (χ1) is 11.5. The molecule has 0 aliphatic heterocycles. The predicted molar refractivity (Wildman–Crippen MR) is 91.5 cm³/mol. The minimum Gasteiger partial charge on any atom is -0.332 e. The van der Waals surface area contributed by atoms with Crippen molar-refractivity contribution in [3.8, 4) is 6.07 Å². The Kier molecular flexibility index (Phi) is 6.76. The van der Waals surface area contributed by atoms with E-state index < -0.39 is 17.5 Å². The first-order valence-electron chi connectivity index (χ1n) is 7.38. The number of rotatable bonds is 2. The first kappa shape index (κ1) is 20.7. The van der Waals surface area contributed by atoms with E-state index in [1.807, 2.05) is 0 Å². The fourth-order valence-corrected chi connectivity index (χ4v) is 2.11. The Morgan fingerprint density at radius 1 is 1.44 bits per heavy atom. The number of halogens is 3. The number of hydrogen-bond donors (Lipinski definition) is 3. The summed E-state index contributed by atoms with van der Waals surface area (Å²) >= 11 is 4.96. The van der Waals surface area contributed by atoms with Gasteiger partial charge in [-0.25, -0.2) is 0 Å². The molecule has 2 unspecified atom stereocenters. The van der Waals surface area contributed by atoms with Gasteiger partial charge in [0, 0.05) is 5.70 Å². The summed E-state index contributed by atoms with van der Waals surface area (Å²) in [4.78, 5) is 11.2. The van der Waals surface area contributed by atoms with E-state index in [1.165, 1.54) is 6.08 Å². The Labute approximate surface area is 149 Å². The lowest BCUT2D eigenvalue weighted by Gasteiger charge is -2.29. The molecule has 0 aromatic rings. The fourth-order valence-electron chi connectivity index (χ4n) is 1.94. The topological polar surface area (TPSA) is 76.9 Å².